The molecule has 0 atom stereocenters. The summed E-state index contributed by atoms with van der Waals surface area (Å²) in [6, 6.07) is 5.74. The van der Waals surface area contributed by atoms with Gasteiger partial charge in [-0.1, -0.05) is 15.9 Å². The molecule has 0 spiro atoms. The van der Waals surface area contributed by atoms with E-state index < -0.39 is 15.8 Å². The van der Waals surface area contributed by atoms with E-state index in [-0.39, 0.29) is 10.8 Å². The van der Waals surface area contributed by atoms with E-state index in [1.54, 1.807) is 12.1 Å². The van der Waals surface area contributed by atoms with Crippen LogP contribution in [0.4, 0.5) is 4.39 Å². The first-order valence-electron chi connectivity index (χ1n) is 5.49. The summed E-state index contributed by atoms with van der Waals surface area (Å²) in [6.07, 6.45) is 0. The number of benzene rings is 1. The second kappa shape index (κ2) is 6.23. The molecule has 0 aliphatic heterocycles. The Labute approximate surface area is 137 Å². The van der Waals surface area contributed by atoms with Crippen molar-refractivity contribution in [3.8, 4) is 0 Å². The Kier molecular flexibility index (Phi) is 5.01. The van der Waals surface area contributed by atoms with Gasteiger partial charge >= 0.3 is 0 Å². The van der Waals surface area contributed by atoms with E-state index in [4.69, 9.17) is 0 Å². The first-order valence-corrected chi connectivity index (χ1v) is 9.37. The van der Waals surface area contributed by atoms with Crippen LogP contribution in [0.5, 0.6) is 0 Å². The van der Waals surface area contributed by atoms with Gasteiger partial charge in [-0.15, -0.1) is 11.3 Å². The van der Waals surface area contributed by atoms with E-state index in [2.05, 4.69) is 36.6 Å². The van der Waals surface area contributed by atoms with Gasteiger partial charge in [-0.2, -0.15) is 0 Å². The summed E-state index contributed by atoms with van der Waals surface area (Å²) < 4.78 is 41.6. The monoisotopic (exact) mass is 441 g/mol. The Balaban J connectivity index is 2.19. The standard InChI is InChI=1S/C12H10Br2FNO2S2/c1-7-4-11(19-12(7)14)20(17,18)16-6-8-5-9(15)2-3-10(8)13/h2-5,16H,6H2,1H3. The van der Waals surface area contributed by atoms with E-state index in [9.17, 15) is 12.8 Å². The molecule has 0 saturated heterocycles. The fourth-order valence-electron chi connectivity index (χ4n) is 1.49. The van der Waals surface area contributed by atoms with Crippen molar-refractivity contribution in [2.75, 3.05) is 0 Å². The Bertz CT molecular complexity index is 724. The summed E-state index contributed by atoms with van der Waals surface area (Å²) in [5.41, 5.74) is 1.41. The highest BCUT2D eigenvalue weighted by atomic mass is 79.9. The minimum Gasteiger partial charge on any atom is -0.207 e. The van der Waals surface area contributed by atoms with Crippen LogP contribution in [-0.4, -0.2) is 8.42 Å². The maximum Gasteiger partial charge on any atom is 0.250 e. The molecule has 108 valence electrons. The lowest BCUT2D eigenvalue weighted by atomic mass is 10.2. The summed E-state index contributed by atoms with van der Waals surface area (Å²) in [4.78, 5) is 0. The first kappa shape index (κ1) is 16.1. The van der Waals surface area contributed by atoms with Crippen LogP contribution in [0.1, 0.15) is 11.1 Å². The van der Waals surface area contributed by atoms with Crippen molar-refractivity contribution in [2.24, 2.45) is 0 Å². The number of aryl methyl sites for hydroxylation is 1. The van der Waals surface area contributed by atoms with Crippen molar-refractivity contribution >= 4 is 53.2 Å². The van der Waals surface area contributed by atoms with Gasteiger partial charge in [0.15, 0.2) is 0 Å². The van der Waals surface area contributed by atoms with Gasteiger partial charge in [0.05, 0.1) is 3.79 Å². The van der Waals surface area contributed by atoms with Crippen LogP contribution in [0.2, 0.25) is 0 Å². The van der Waals surface area contributed by atoms with Crippen molar-refractivity contribution in [2.45, 2.75) is 17.7 Å². The Morgan fingerprint density at radius 2 is 2.00 bits per heavy atom. The summed E-state index contributed by atoms with van der Waals surface area (Å²) in [5.74, 6) is -0.405. The molecular formula is C12H10Br2FNO2S2. The van der Waals surface area contributed by atoms with Gasteiger partial charge < -0.3 is 0 Å². The van der Waals surface area contributed by atoms with Gasteiger partial charge in [-0.3, -0.25) is 0 Å². The van der Waals surface area contributed by atoms with Crippen LogP contribution in [0.25, 0.3) is 0 Å². The molecule has 3 nitrogen and oxygen atoms in total. The average Bonchev–Trinajstić information content (AvgIpc) is 2.72. The lowest BCUT2D eigenvalue weighted by Crippen LogP contribution is -2.22. The molecule has 20 heavy (non-hydrogen) atoms. The zero-order valence-corrected chi connectivity index (χ0v) is 15.1. The van der Waals surface area contributed by atoms with E-state index in [1.165, 1.54) is 12.1 Å². The number of nitrogens with one attached hydrogen (secondary N) is 1. The number of hydrogen-bond acceptors (Lipinski definition) is 3. The third-order valence-corrected chi connectivity index (χ3v) is 7.34. The maximum atomic E-state index is 13.1. The van der Waals surface area contributed by atoms with Gasteiger partial charge in [0.1, 0.15) is 10.0 Å². The van der Waals surface area contributed by atoms with Crippen molar-refractivity contribution in [1.82, 2.24) is 4.72 Å². The third-order valence-electron chi connectivity index (χ3n) is 2.56. The molecule has 1 N–H and O–H groups in total. The van der Waals surface area contributed by atoms with Crippen LogP contribution in [-0.2, 0) is 16.6 Å². The fourth-order valence-corrected chi connectivity index (χ4v) is 5.15. The van der Waals surface area contributed by atoms with E-state index in [0.29, 0.717) is 10.0 Å². The molecule has 0 amide bonds. The smallest absolute Gasteiger partial charge is 0.207 e. The molecule has 0 saturated carbocycles. The highest BCUT2D eigenvalue weighted by molar-refractivity contribution is 9.11. The number of rotatable bonds is 4. The summed E-state index contributed by atoms with van der Waals surface area (Å²) >= 11 is 7.70. The van der Waals surface area contributed by atoms with Crippen molar-refractivity contribution in [3.05, 3.63) is 49.5 Å². The maximum absolute atomic E-state index is 13.1. The molecule has 0 bridgehead atoms. The van der Waals surface area contributed by atoms with E-state index in [1.807, 2.05) is 6.92 Å². The molecule has 0 aliphatic carbocycles. The molecule has 0 fully saturated rings. The molecular weight excluding hydrogens is 433 g/mol. The van der Waals surface area contributed by atoms with Crippen molar-refractivity contribution in [3.63, 3.8) is 0 Å². The van der Waals surface area contributed by atoms with Crippen LogP contribution in [0, 0.1) is 12.7 Å². The average molecular weight is 443 g/mol. The quantitative estimate of drug-likeness (QED) is 0.771. The molecule has 1 aromatic carbocycles. The molecule has 8 heteroatoms. The minimum atomic E-state index is -3.59. The predicted octanol–water partition coefficient (Wildman–Crippen LogP) is 4.20. The van der Waals surface area contributed by atoms with Crippen molar-refractivity contribution in [1.29, 1.82) is 0 Å². The second-order valence-electron chi connectivity index (χ2n) is 4.08. The molecule has 2 aromatic rings. The molecule has 1 heterocycles. The lowest BCUT2D eigenvalue weighted by molar-refractivity contribution is 0.582. The molecule has 0 aliphatic rings. The number of thiophene rings is 1. The van der Waals surface area contributed by atoms with E-state index in [0.717, 1.165) is 20.7 Å². The zero-order chi connectivity index (χ0) is 14.9. The van der Waals surface area contributed by atoms with Gasteiger partial charge in [0.2, 0.25) is 10.0 Å². The predicted molar refractivity (Wildman–Crippen MR) is 84.9 cm³/mol. The van der Waals surface area contributed by atoms with Gasteiger partial charge in [-0.05, 0) is 58.2 Å². The fraction of sp³-hybridized carbons (Fsp3) is 0.167. The summed E-state index contributed by atoms with van der Waals surface area (Å²) in [5, 5.41) is 0. The van der Waals surface area contributed by atoms with Gasteiger partial charge in [0.25, 0.3) is 0 Å². The second-order valence-corrected chi connectivity index (χ2v) is 9.30. The highest BCUT2D eigenvalue weighted by Gasteiger charge is 2.18. The summed E-state index contributed by atoms with van der Waals surface area (Å²) in [7, 11) is -3.59. The Morgan fingerprint density at radius 3 is 2.60 bits per heavy atom. The van der Waals surface area contributed by atoms with Crippen molar-refractivity contribution < 1.29 is 12.8 Å². The normalized spacial score (nSPS) is 11.8. The largest absolute Gasteiger partial charge is 0.250 e. The molecule has 0 radical (unpaired) electrons. The number of hydrogen-bond donors (Lipinski definition) is 1. The molecule has 0 unspecified atom stereocenters. The Morgan fingerprint density at radius 1 is 1.30 bits per heavy atom. The number of halogens is 3. The Hall–Kier alpha value is -0.280. The first-order chi connectivity index (χ1) is 9.29. The molecule has 1 aromatic heterocycles. The van der Waals surface area contributed by atoms with Crippen LogP contribution in [0.15, 0.2) is 36.7 Å². The number of sulfonamides is 1. The SMILES string of the molecule is Cc1cc(S(=O)(=O)NCc2cc(F)ccc2Br)sc1Br. The highest BCUT2D eigenvalue weighted by Crippen LogP contribution is 2.30. The third kappa shape index (κ3) is 3.67. The van der Waals surface area contributed by atoms with Crippen LogP contribution in [0.3, 0.4) is 0 Å². The lowest BCUT2D eigenvalue weighted by Gasteiger charge is -2.07. The minimum absolute atomic E-state index is 0.0231. The zero-order valence-electron chi connectivity index (χ0n) is 10.3. The van der Waals surface area contributed by atoms with Gasteiger partial charge in [0, 0.05) is 11.0 Å². The van der Waals surface area contributed by atoms with E-state index >= 15 is 0 Å². The van der Waals surface area contributed by atoms with Crippen LogP contribution >= 0.6 is 43.2 Å². The topological polar surface area (TPSA) is 46.2 Å². The molecule has 2 rings (SSSR count). The van der Waals surface area contributed by atoms with Gasteiger partial charge in [-0.25, -0.2) is 17.5 Å². The summed E-state index contributed by atoms with van der Waals surface area (Å²) in [6.45, 7) is 1.85. The van der Waals surface area contributed by atoms with Crippen LogP contribution < -0.4 is 4.72 Å².